The Morgan fingerprint density at radius 2 is 2.30 bits per heavy atom. The number of fused-ring (bicyclic) bond motifs is 1. The van der Waals surface area contributed by atoms with Crippen molar-refractivity contribution < 1.29 is 14.7 Å². The summed E-state index contributed by atoms with van der Waals surface area (Å²) in [7, 11) is 0. The summed E-state index contributed by atoms with van der Waals surface area (Å²) < 4.78 is 0. The van der Waals surface area contributed by atoms with Crippen molar-refractivity contribution in [1.29, 1.82) is 0 Å². The van der Waals surface area contributed by atoms with E-state index in [1.165, 1.54) is 11.2 Å². The third kappa shape index (κ3) is 2.53. The Morgan fingerprint density at radius 1 is 1.60 bits per heavy atom. The van der Waals surface area contributed by atoms with Gasteiger partial charge in [-0.1, -0.05) is 13.8 Å². The number of hydrogen-bond donors (Lipinski definition) is 3. The average Bonchev–Trinajstić information content (AvgIpc) is 2.84. The molecule has 2 heterocycles. The van der Waals surface area contributed by atoms with Crippen LogP contribution in [0.3, 0.4) is 0 Å². The van der Waals surface area contributed by atoms with Crippen LogP contribution >= 0.6 is 0 Å². The Labute approximate surface area is 117 Å². The molecule has 0 saturated heterocycles. The second kappa shape index (κ2) is 5.62. The van der Waals surface area contributed by atoms with Crippen molar-refractivity contribution in [1.82, 2.24) is 14.9 Å². The molecule has 0 bridgehead atoms. The fourth-order valence-electron chi connectivity index (χ4n) is 2.56. The molecule has 4 N–H and O–H groups in total. The van der Waals surface area contributed by atoms with Crippen LogP contribution in [0.5, 0.6) is 0 Å². The topological polar surface area (TPSA) is 112 Å². The number of aromatic amines is 1. The lowest BCUT2D eigenvalue weighted by Gasteiger charge is -2.35. The van der Waals surface area contributed by atoms with Gasteiger partial charge in [0.25, 0.3) is 0 Å². The van der Waals surface area contributed by atoms with Crippen molar-refractivity contribution in [3.63, 3.8) is 0 Å². The molecule has 1 aliphatic rings. The zero-order chi connectivity index (χ0) is 14.9. The second-order valence-corrected chi connectivity index (χ2v) is 5.44. The number of carboxylic acids is 1. The number of carboxylic acid groups (broad SMARTS) is 1. The quantitative estimate of drug-likeness (QED) is 0.717. The van der Waals surface area contributed by atoms with Gasteiger partial charge in [0.2, 0.25) is 5.91 Å². The molecule has 0 radical (unpaired) electrons. The maximum Gasteiger partial charge on any atom is 0.326 e. The summed E-state index contributed by atoms with van der Waals surface area (Å²) in [5, 5.41) is 9.35. The molecule has 7 nitrogen and oxygen atoms in total. The summed E-state index contributed by atoms with van der Waals surface area (Å²) in [6.07, 6.45) is 1.76. The molecule has 2 atom stereocenters. The Hall–Kier alpha value is -1.89. The highest BCUT2D eigenvalue weighted by atomic mass is 16.4. The van der Waals surface area contributed by atoms with E-state index in [9.17, 15) is 14.7 Å². The largest absolute Gasteiger partial charge is 0.480 e. The van der Waals surface area contributed by atoms with Gasteiger partial charge in [-0.2, -0.15) is 0 Å². The number of carbonyl (C=O) groups is 2. The van der Waals surface area contributed by atoms with Gasteiger partial charge in [0, 0.05) is 13.0 Å². The number of amides is 1. The predicted molar refractivity (Wildman–Crippen MR) is 71.6 cm³/mol. The van der Waals surface area contributed by atoms with E-state index in [-0.39, 0.29) is 37.3 Å². The summed E-state index contributed by atoms with van der Waals surface area (Å²) in [5.74, 6) is -1.49. The van der Waals surface area contributed by atoms with Gasteiger partial charge in [-0.15, -0.1) is 0 Å². The minimum absolute atomic E-state index is 0.0742. The highest BCUT2D eigenvalue weighted by molar-refractivity contribution is 5.86. The Bertz CT molecular complexity index is 511. The molecule has 2 unspecified atom stereocenters. The van der Waals surface area contributed by atoms with E-state index < -0.39 is 12.0 Å². The number of H-pyrrole nitrogens is 1. The maximum absolute atomic E-state index is 12.6. The van der Waals surface area contributed by atoms with Crippen LogP contribution in [0.4, 0.5) is 0 Å². The predicted octanol–water partition coefficient (Wildman–Crippen LogP) is -0.0215. The molecule has 0 fully saturated rings. The third-order valence-corrected chi connectivity index (χ3v) is 3.84. The molecule has 0 aliphatic carbocycles. The van der Waals surface area contributed by atoms with Crippen LogP contribution in [0, 0.1) is 11.8 Å². The molecule has 0 aromatic carbocycles. The van der Waals surface area contributed by atoms with Gasteiger partial charge >= 0.3 is 5.97 Å². The Balaban J connectivity index is 2.28. The summed E-state index contributed by atoms with van der Waals surface area (Å²) in [6, 6.07) is -0.869. The number of imidazole rings is 1. The maximum atomic E-state index is 12.6. The smallest absolute Gasteiger partial charge is 0.326 e. The first-order valence-corrected chi connectivity index (χ1v) is 6.70. The zero-order valence-electron chi connectivity index (χ0n) is 11.7. The molecule has 1 aromatic rings. The van der Waals surface area contributed by atoms with Crippen LogP contribution in [-0.2, 0) is 22.6 Å². The lowest BCUT2D eigenvalue weighted by atomic mass is 9.92. The number of aromatic nitrogens is 2. The molecule has 110 valence electrons. The third-order valence-electron chi connectivity index (χ3n) is 3.84. The van der Waals surface area contributed by atoms with Crippen molar-refractivity contribution >= 4 is 11.9 Å². The highest BCUT2D eigenvalue weighted by Crippen LogP contribution is 2.24. The summed E-state index contributed by atoms with van der Waals surface area (Å²) in [6.45, 7) is 4.29. The van der Waals surface area contributed by atoms with Gasteiger partial charge in [0.1, 0.15) is 6.04 Å². The van der Waals surface area contributed by atoms with E-state index in [0.29, 0.717) is 0 Å². The van der Waals surface area contributed by atoms with Gasteiger partial charge in [-0.25, -0.2) is 9.78 Å². The number of carbonyl (C=O) groups excluding carboxylic acids is 1. The lowest BCUT2D eigenvalue weighted by Crippen LogP contribution is -2.52. The molecular weight excluding hydrogens is 260 g/mol. The van der Waals surface area contributed by atoms with Crippen LogP contribution in [-0.4, -0.2) is 44.4 Å². The number of hydrogen-bond acceptors (Lipinski definition) is 4. The molecule has 0 spiro atoms. The first-order valence-electron chi connectivity index (χ1n) is 6.70. The van der Waals surface area contributed by atoms with Crippen molar-refractivity contribution in [2.75, 3.05) is 6.54 Å². The van der Waals surface area contributed by atoms with Crippen LogP contribution in [0.15, 0.2) is 6.33 Å². The van der Waals surface area contributed by atoms with Crippen LogP contribution in [0.1, 0.15) is 25.2 Å². The van der Waals surface area contributed by atoms with Crippen molar-refractivity contribution in [3.05, 3.63) is 17.7 Å². The lowest BCUT2D eigenvalue weighted by molar-refractivity contribution is -0.154. The minimum atomic E-state index is -1.01. The minimum Gasteiger partial charge on any atom is -0.480 e. The molecule has 20 heavy (non-hydrogen) atoms. The van der Waals surface area contributed by atoms with Crippen molar-refractivity contribution in [2.45, 2.75) is 32.9 Å². The van der Waals surface area contributed by atoms with E-state index in [1.807, 2.05) is 13.8 Å². The molecule has 2 rings (SSSR count). The normalized spacial score (nSPS) is 19.8. The monoisotopic (exact) mass is 280 g/mol. The first kappa shape index (κ1) is 14.5. The van der Waals surface area contributed by atoms with E-state index in [0.717, 1.165) is 11.4 Å². The SMILES string of the molecule is CC(C)C(CN)C(=O)N1Cc2[nH]cnc2CC1C(=O)O. The molecular formula is C13H20N4O3. The van der Waals surface area contributed by atoms with E-state index in [2.05, 4.69) is 9.97 Å². The number of aliphatic carboxylic acids is 1. The van der Waals surface area contributed by atoms with Crippen molar-refractivity contribution in [3.8, 4) is 0 Å². The molecule has 0 saturated carbocycles. The van der Waals surface area contributed by atoms with Crippen LogP contribution < -0.4 is 5.73 Å². The van der Waals surface area contributed by atoms with Gasteiger partial charge in [0.05, 0.1) is 30.2 Å². The van der Waals surface area contributed by atoms with Crippen LogP contribution in [0.2, 0.25) is 0 Å². The van der Waals surface area contributed by atoms with Crippen molar-refractivity contribution in [2.24, 2.45) is 17.6 Å². The molecule has 1 aliphatic heterocycles. The Morgan fingerprint density at radius 3 is 2.85 bits per heavy atom. The van der Waals surface area contributed by atoms with Crippen LogP contribution in [0.25, 0.3) is 0 Å². The van der Waals surface area contributed by atoms with Gasteiger partial charge < -0.3 is 20.7 Å². The fraction of sp³-hybridized carbons (Fsp3) is 0.615. The van der Waals surface area contributed by atoms with Gasteiger partial charge in [-0.05, 0) is 5.92 Å². The molecule has 1 amide bonds. The Kier molecular flexibility index (Phi) is 4.08. The number of rotatable bonds is 4. The first-order chi connectivity index (χ1) is 9.45. The number of nitrogens with zero attached hydrogens (tertiary/aromatic N) is 2. The summed E-state index contributed by atoms with van der Waals surface area (Å²) >= 11 is 0. The molecule has 7 heteroatoms. The number of nitrogens with two attached hydrogens (primary N) is 1. The average molecular weight is 280 g/mol. The van der Waals surface area contributed by atoms with E-state index in [4.69, 9.17) is 5.73 Å². The van der Waals surface area contributed by atoms with E-state index >= 15 is 0 Å². The van der Waals surface area contributed by atoms with Gasteiger partial charge in [0.15, 0.2) is 0 Å². The summed E-state index contributed by atoms with van der Waals surface area (Å²) in [5.41, 5.74) is 7.18. The second-order valence-electron chi connectivity index (χ2n) is 5.44. The van der Waals surface area contributed by atoms with E-state index in [1.54, 1.807) is 0 Å². The summed E-state index contributed by atoms with van der Waals surface area (Å²) in [4.78, 5) is 32.4. The highest BCUT2D eigenvalue weighted by Gasteiger charge is 2.38. The number of nitrogens with one attached hydrogen (secondary N) is 1. The fourth-order valence-corrected chi connectivity index (χ4v) is 2.56. The van der Waals surface area contributed by atoms with Gasteiger partial charge in [-0.3, -0.25) is 4.79 Å². The zero-order valence-corrected chi connectivity index (χ0v) is 11.7. The molecule has 1 aromatic heterocycles. The standard InChI is InChI=1S/C13H20N4O3/c1-7(2)8(4-14)12(18)17-5-10-9(15-6-16-10)3-11(17)13(19)20/h6-8,11H,3-5,14H2,1-2H3,(H,15,16)(H,19,20).